The van der Waals surface area contributed by atoms with Gasteiger partial charge in [0.2, 0.25) is 0 Å². The largest absolute Gasteiger partial charge is 0.376 e. The number of hydrogen-bond acceptors (Lipinski definition) is 3. The van der Waals surface area contributed by atoms with Gasteiger partial charge in [-0.2, -0.15) is 0 Å². The van der Waals surface area contributed by atoms with Gasteiger partial charge >= 0.3 is 0 Å². The molecule has 1 N–H and O–H groups in total. The maximum Gasteiger partial charge on any atom is 0.157 e. The molecule has 1 heterocycles. The molecular formula is C17H24N2OS. The van der Waals surface area contributed by atoms with E-state index in [-0.39, 0.29) is 0 Å². The highest BCUT2D eigenvalue weighted by Crippen LogP contribution is 2.25. The number of rotatable bonds is 5. The number of aliphatic imine (C=N–C) groups is 1. The summed E-state index contributed by atoms with van der Waals surface area (Å²) >= 11 is 1.81. The second-order valence-electron chi connectivity index (χ2n) is 5.74. The summed E-state index contributed by atoms with van der Waals surface area (Å²) < 4.78 is 5.91. The fraction of sp³-hybridized carbons (Fsp3) is 0.588. The fourth-order valence-electron chi connectivity index (χ4n) is 2.95. The molecule has 4 heteroatoms. The zero-order valence-electron chi connectivity index (χ0n) is 12.5. The van der Waals surface area contributed by atoms with Gasteiger partial charge in [-0.25, -0.2) is 0 Å². The van der Waals surface area contributed by atoms with E-state index >= 15 is 0 Å². The second-order valence-corrected chi connectivity index (χ2v) is 6.75. The summed E-state index contributed by atoms with van der Waals surface area (Å²) in [6, 6.07) is 11.0. The molecule has 1 aliphatic carbocycles. The molecule has 1 aromatic carbocycles. The van der Waals surface area contributed by atoms with Gasteiger partial charge < -0.3 is 10.1 Å². The Balaban J connectivity index is 1.39. The predicted molar refractivity (Wildman–Crippen MR) is 89.9 cm³/mol. The van der Waals surface area contributed by atoms with Crippen molar-refractivity contribution in [2.75, 3.05) is 18.9 Å². The molecule has 21 heavy (non-hydrogen) atoms. The van der Waals surface area contributed by atoms with E-state index in [0.717, 1.165) is 24.1 Å². The number of ether oxygens (including phenoxy) is 1. The quantitative estimate of drug-likeness (QED) is 0.841. The van der Waals surface area contributed by atoms with E-state index in [1.807, 2.05) is 11.8 Å². The Morgan fingerprint density at radius 1 is 1.14 bits per heavy atom. The Morgan fingerprint density at radius 3 is 2.76 bits per heavy atom. The van der Waals surface area contributed by atoms with Gasteiger partial charge in [0.25, 0.3) is 0 Å². The first-order valence-corrected chi connectivity index (χ1v) is 9.01. The van der Waals surface area contributed by atoms with Crippen LogP contribution in [0.5, 0.6) is 0 Å². The van der Waals surface area contributed by atoms with Crippen LogP contribution >= 0.6 is 11.8 Å². The van der Waals surface area contributed by atoms with Gasteiger partial charge in [0.05, 0.1) is 25.3 Å². The smallest absolute Gasteiger partial charge is 0.157 e. The van der Waals surface area contributed by atoms with Crippen molar-refractivity contribution in [1.29, 1.82) is 0 Å². The minimum absolute atomic E-state index is 0.397. The summed E-state index contributed by atoms with van der Waals surface area (Å²) in [5.74, 6) is 1.06. The summed E-state index contributed by atoms with van der Waals surface area (Å²) in [4.78, 5) is 4.63. The molecule has 1 aliphatic heterocycles. The van der Waals surface area contributed by atoms with Crippen molar-refractivity contribution in [2.24, 2.45) is 4.99 Å². The van der Waals surface area contributed by atoms with Crippen LogP contribution in [0.2, 0.25) is 0 Å². The highest BCUT2D eigenvalue weighted by atomic mass is 32.2. The van der Waals surface area contributed by atoms with Crippen LogP contribution in [0.1, 0.15) is 43.7 Å². The molecule has 0 spiro atoms. The Morgan fingerprint density at radius 2 is 1.95 bits per heavy atom. The van der Waals surface area contributed by atoms with Gasteiger partial charge in [0, 0.05) is 5.75 Å². The molecular weight excluding hydrogens is 280 g/mol. The highest BCUT2D eigenvalue weighted by Gasteiger charge is 2.21. The topological polar surface area (TPSA) is 33.6 Å². The summed E-state index contributed by atoms with van der Waals surface area (Å²) in [6.45, 7) is 1.53. The van der Waals surface area contributed by atoms with Crippen molar-refractivity contribution < 1.29 is 4.74 Å². The van der Waals surface area contributed by atoms with Crippen molar-refractivity contribution in [1.82, 2.24) is 5.32 Å². The molecule has 3 rings (SSSR count). The molecule has 1 atom stereocenters. The van der Waals surface area contributed by atoms with Crippen molar-refractivity contribution in [3.8, 4) is 0 Å². The molecule has 3 nitrogen and oxygen atoms in total. The van der Waals surface area contributed by atoms with Crippen molar-refractivity contribution in [3.63, 3.8) is 0 Å². The van der Waals surface area contributed by atoms with E-state index in [1.54, 1.807) is 0 Å². The minimum Gasteiger partial charge on any atom is -0.376 e. The number of amidine groups is 1. The van der Waals surface area contributed by atoms with Crippen LogP contribution in [0, 0.1) is 0 Å². The molecule has 0 radical (unpaired) electrons. The zero-order chi connectivity index (χ0) is 14.3. The predicted octanol–water partition coefficient (Wildman–Crippen LogP) is 3.77. The Kier molecular flexibility index (Phi) is 5.58. The third-order valence-corrected chi connectivity index (χ3v) is 5.16. The number of hydrogen-bond donors (Lipinski definition) is 1. The first kappa shape index (κ1) is 14.9. The SMILES string of the molecule is c1ccc(C2CSC(=NCCOC3CCCCC3)N2)cc1. The van der Waals surface area contributed by atoms with Crippen molar-refractivity contribution >= 4 is 16.9 Å². The van der Waals surface area contributed by atoms with Crippen LogP contribution < -0.4 is 5.32 Å². The van der Waals surface area contributed by atoms with E-state index in [1.165, 1.54) is 37.7 Å². The van der Waals surface area contributed by atoms with Gasteiger partial charge in [0.15, 0.2) is 5.17 Å². The Bertz CT molecular complexity index is 457. The third kappa shape index (κ3) is 4.48. The normalized spacial score (nSPS) is 25.1. The molecule has 2 fully saturated rings. The highest BCUT2D eigenvalue weighted by molar-refractivity contribution is 8.14. The monoisotopic (exact) mass is 304 g/mol. The van der Waals surface area contributed by atoms with Crippen LogP contribution in [-0.4, -0.2) is 30.2 Å². The van der Waals surface area contributed by atoms with E-state index in [4.69, 9.17) is 4.74 Å². The Hall–Kier alpha value is -1.00. The third-order valence-electron chi connectivity index (χ3n) is 4.14. The van der Waals surface area contributed by atoms with E-state index in [0.29, 0.717) is 12.1 Å². The first-order valence-electron chi connectivity index (χ1n) is 8.02. The summed E-state index contributed by atoms with van der Waals surface area (Å²) in [5.41, 5.74) is 1.34. The van der Waals surface area contributed by atoms with Gasteiger partial charge in [-0.15, -0.1) is 0 Å². The lowest BCUT2D eigenvalue weighted by Crippen LogP contribution is -2.21. The summed E-state index contributed by atoms with van der Waals surface area (Å²) in [7, 11) is 0. The van der Waals surface area contributed by atoms with Gasteiger partial charge in [0.1, 0.15) is 0 Å². The molecule has 1 aromatic rings. The van der Waals surface area contributed by atoms with Crippen LogP contribution in [0.25, 0.3) is 0 Å². The number of nitrogens with one attached hydrogen (secondary N) is 1. The summed E-state index contributed by atoms with van der Waals surface area (Å²) in [5, 5.41) is 4.57. The lowest BCUT2D eigenvalue weighted by atomic mass is 9.98. The fourth-order valence-corrected chi connectivity index (χ4v) is 3.96. The van der Waals surface area contributed by atoms with E-state index in [2.05, 4.69) is 40.6 Å². The molecule has 0 amide bonds. The lowest BCUT2D eigenvalue weighted by molar-refractivity contribution is 0.0335. The van der Waals surface area contributed by atoms with Crippen molar-refractivity contribution in [3.05, 3.63) is 35.9 Å². The molecule has 114 valence electrons. The molecule has 1 saturated carbocycles. The zero-order valence-corrected chi connectivity index (χ0v) is 13.3. The second kappa shape index (κ2) is 7.85. The molecule has 1 saturated heterocycles. The summed E-state index contributed by atoms with van der Waals surface area (Å²) in [6.07, 6.45) is 6.99. The number of nitrogens with zero attached hydrogens (tertiary/aromatic N) is 1. The average Bonchev–Trinajstić information content (AvgIpc) is 3.02. The first-order chi connectivity index (χ1) is 10.4. The molecule has 1 unspecified atom stereocenters. The number of thioether (sulfide) groups is 1. The van der Waals surface area contributed by atoms with Crippen molar-refractivity contribution in [2.45, 2.75) is 44.2 Å². The average molecular weight is 304 g/mol. The lowest BCUT2D eigenvalue weighted by Gasteiger charge is -2.21. The van der Waals surface area contributed by atoms with Gasteiger partial charge in [-0.05, 0) is 18.4 Å². The maximum atomic E-state index is 5.91. The molecule has 0 aromatic heterocycles. The number of benzene rings is 1. The van der Waals surface area contributed by atoms with E-state index in [9.17, 15) is 0 Å². The minimum atomic E-state index is 0.397. The Labute approximate surface area is 131 Å². The van der Waals surface area contributed by atoms with Crippen LogP contribution in [0.15, 0.2) is 35.3 Å². The van der Waals surface area contributed by atoms with Crippen LogP contribution in [0.3, 0.4) is 0 Å². The molecule has 2 aliphatic rings. The van der Waals surface area contributed by atoms with Gasteiger partial charge in [-0.1, -0.05) is 61.4 Å². The van der Waals surface area contributed by atoms with Crippen LogP contribution in [-0.2, 0) is 4.74 Å². The van der Waals surface area contributed by atoms with Gasteiger partial charge in [-0.3, -0.25) is 4.99 Å². The van der Waals surface area contributed by atoms with Crippen LogP contribution in [0.4, 0.5) is 0 Å². The molecule has 0 bridgehead atoms. The van der Waals surface area contributed by atoms with E-state index < -0.39 is 0 Å². The standard InChI is InChI=1S/C17H24N2OS/c1-3-7-14(8-4-1)16-13-21-17(19-16)18-11-12-20-15-9-5-2-6-10-15/h1,3-4,7-8,15-16H,2,5-6,9-13H2,(H,18,19). The maximum absolute atomic E-state index is 5.91.